The lowest BCUT2D eigenvalue weighted by atomic mass is 10.3. The number of carbonyl (C=O) groups excluding carboxylic acids is 1. The zero-order valence-corrected chi connectivity index (χ0v) is 9.46. The number of alkyl halides is 3. The van der Waals surface area contributed by atoms with Crippen LogP contribution in [0.5, 0.6) is 5.75 Å². The van der Waals surface area contributed by atoms with Crippen molar-refractivity contribution in [3.05, 3.63) is 24.3 Å². The molecule has 0 aliphatic rings. The summed E-state index contributed by atoms with van der Waals surface area (Å²) in [7, 11) is 0. The summed E-state index contributed by atoms with van der Waals surface area (Å²) in [4.78, 5) is 11.2. The molecule has 18 heavy (non-hydrogen) atoms. The molecule has 0 aliphatic carbocycles. The van der Waals surface area contributed by atoms with Gasteiger partial charge in [0.05, 0.1) is 6.42 Å². The minimum atomic E-state index is -4.28. The number of ether oxygens (including phenoxy) is 1. The van der Waals surface area contributed by atoms with Crippen molar-refractivity contribution < 1.29 is 22.7 Å². The normalized spacial score (nSPS) is 11.1. The van der Waals surface area contributed by atoms with E-state index in [9.17, 15) is 18.0 Å². The lowest BCUT2D eigenvalue weighted by Gasteiger charge is -2.09. The number of benzene rings is 1. The Hall–Kier alpha value is -1.92. The second-order valence-corrected chi connectivity index (χ2v) is 3.58. The summed E-state index contributed by atoms with van der Waals surface area (Å²) in [5.74, 6) is -0.220. The maximum atomic E-state index is 11.8. The first-order valence-electron chi connectivity index (χ1n) is 5.18. The molecule has 0 aromatic heterocycles. The van der Waals surface area contributed by atoms with Crippen molar-refractivity contribution in [2.45, 2.75) is 12.6 Å². The summed E-state index contributed by atoms with van der Waals surface area (Å²) < 4.78 is 40.5. The number of nitrogens with one attached hydrogen (secondary N) is 1. The number of amides is 1. The second-order valence-electron chi connectivity index (χ2n) is 3.58. The molecule has 0 aliphatic heterocycles. The van der Waals surface area contributed by atoms with Gasteiger partial charge in [0.15, 0.2) is 6.61 Å². The molecule has 1 rings (SSSR count). The molecular weight excluding hydrogens is 249 g/mol. The molecule has 0 atom stereocenters. The quantitative estimate of drug-likeness (QED) is 0.794. The zero-order chi connectivity index (χ0) is 13.6. The van der Waals surface area contributed by atoms with E-state index >= 15 is 0 Å². The number of hydrogen-bond acceptors (Lipinski definition) is 3. The van der Waals surface area contributed by atoms with E-state index in [-0.39, 0.29) is 6.61 Å². The van der Waals surface area contributed by atoms with Crippen LogP contribution in [0.2, 0.25) is 0 Å². The SMILES string of the molecule is Nc1cccc(OCC(=O)NCCC(F)(F)F)c1. The molecule has 7 heteroatoms. The first-order chi connectivity index (χ1) is 8.37. The van der Waals surface area contributed by atoms with Gasteiger partial charge in [-0.15, -0.1) is 0 Å². The zero-order valence-electron chi connectivity index (χ0n) is 9.46. The minimum absolute atomic E-state index is 0.346. The van der Waals surface area contributed by atoms with E-state index in [0.29, 0.717) is 11.4 Å². The van der Waals surface area contributed by atoms with Crippen molar-refractivity contribution in [1.82, 2.24) is 5.32 Å². The molecule has 0 heterocycles. The van der Waals surface area contributed by atoms with Crippen LogP contribution in [0.25, 0.3) is 0 Å². The van der Waals surface area contributed by atoms with Crippen LogP contribution >= 0.6 is 0 Å². The third kappa shape index (κ3) is 5.97. The van der Waals surface area contributed by atoms with Crippen LogP contribution in [0.1, 0.15) is 6.42 Å². The van der Waals surface area contributed by atoms with Crippen molar-refractivity contribution in [3.8, 4) is 5.75 Å². The van der Waals surface area contributed by atoms with Gasteiger partial charge in [-0.25, -0.2) is 0 Å². The number of halogens is 3. The summed E-state index contributed by atoms with van der Waals surface area (Å²) >= 11 is 0. The molecule has 0 radical (unpaired) electrons. The van der Waals surface area contributed by atoms with Crippen LogP contribution in [-0.2, 0) is 4.79 Å². The van der Waals surface area contributed by atoms with Gasteiger partial charge in [0.1, 0.15) is 5.75 Å². The van der Waals surface area contributed by atoms with Gasteiger partial charge in [-0.1, -0.05) is 6.07 Å². The number of hydrogen-bond donors (Lipinski definition) is 2. The highest BCUT2D eigenvalue weighted by molar-refractivity contribution is 5.77. The van der Waals surface area contributed by atoms with Crippen molar-refractivity contribution in [3.63, 3.8) is 0 Å². The molecule has 0 saturated heterocycles. The fourth-order valence-electron chi connectivity index (χ4n) is 1.15. The van der Waals surface area contributed by atoms with Gasteiger partial charge in [0, 0.05) is 18.3 Å². The summed E-state index contributed by atoms with van der Waals surface area (Å²) in [5, 5.41) is 2.11. The van der Waals surface area contributed by atoms with Crippen molar-refractivity contribution >= 4 is 11.6 Å². The Bertz CT molecular complexity index is 408. The van der Waals surface area contributed by atoms with Gasteiger partial charge in [0.25, 0.3) is 5.91 Å². The molecular formula is C11H13F3N2O2. The highest BCUT2D eigenvalue weighted by atomic mass is 19.4. The van der Waals surface area contributed by atoms with E-state index in [4.69, 9.17) is 10.5 Å². The maximum Gasteiger partial charge on any atom is 0.390 e. The number of carbonyl (C=O) groups is 1. The average Bonchev–Trinajstić information content (AvgIpc) is 2.25. The molecule has 0 bridgehead atoms. The van der Waals surface area contributed by atoms with E-state index in [0.717, 1.165) is 0 Å². The number of nitrogens with two attached hydrogens (primary N) is 1. The Morgan fingerprint density at radius 3 is 2.72 bits per heavy atom. The van der Waals surface area contributed by atoms with Gasteiger partial charge < -0.3 is 15.8 Å². The van der Waals surface area contributed by atoms with Gasteiger partial charge in [-0.2, -0.15) is 13.2 Å². The third-order valence-electron chi connectivity index (χ3n) is 1.96. The predicted octanol–water partition coefficient (Wildman–Crippen LogP) is 1.72. The van der Waals surface area contributed by atoms with Crippen LogP contribution in [0.15, 0.2) is 24.3 Å². The first kappa shape index (κ1) is 14.1. The molecule has 100 valence electrons. The Morgan fingerprint density at radius 1 is 1.39 bits per heavy atom. The molecule has 1 amide bonds. The number of rotatable bonds is 5. The first-order valence-corrected chi connectivity index (χ1v) is 5.18. The van der Waals surface area contributed by atoms with Crippen molar-refractivity contribution in [2.24, 2.45) is 0 Å². The highest BCUT2D eigenvalue weighted by Crippen LogP contribution is 2.18. The molecule has 0 saturated carbocycles. The minimum Gasteiger partial charge on any atom is -0.484 e. The van der Waals surface area contributed by atoms with Crippen molar-refractivity contribution in [1.29, 1.82) is 0 Å². The Morgan fingerprint density at radius 2 is 2.11 bits per heavy atom. The standard InChI is InChI=1S/C11H13F3N2O2/c12-11(13,14)4-5-16-10(17)7-18-9-3-1-2-8(15)6-9/h1-3,6H,4-5,7,15H2,(H,16,17). The summed E-state index contributed by atoms with van der Waals surface area (Å²) in [6.07, 6.45) is -5.33. The van der Waals surface area contributed by atoms with Crippen LogP contribution in [-0.4, -0.2) is 25.2 Å². The number of anilines is 1. The van der Waals surface area contributed by atoms with E-state index in [1.165, 1.54) is 6.07 Å². The third-order valence-corrected chi connectivity index (χ3v) is 1.96. The summed E-state index contributed by atoms with van der Waals surface area (Å²) in [6.45, 7) is -0.802. The second kappa shape index (κ2) is 6.13. The van der Waals surface area contributed by atoms with E-state index in [1.54, 1.807) is 18.2 Å². The van der Waals surface area contributed by atoms with Crippen LogP contribution in [0.4, 0.5) is 18.9 Å². The topological polar surface area (TPSA) is 64.3 Å². The lowest BCUT2D eigenvalue weighted by molar-refractivity contribution is -0.136. The fraction of sp³-hybridized carbons (Fsp3) is 0.364. The monoisotopic (exact) mass is 262 g/mol. The van der Waals surface area contributed by atoms with Gasteiger partial charge in [0.2, 0.25) is 0 Å². The lowest BCUT2D eigenvalue weighted by Crippen LogP contribution is -2.31. The van der Waals surface area contributed by atoms with E-state index in [2.05, 4.69) is 5.32 Å². The van der Waals surface area contributed by atoms with Crippen LogP contribution in [0.3, 0.4) is 0 Å². The molecule has 1 aromatic carbocycles. The summed E-state index contributed by atoms with van der Waals surface area (Å²) in [6, 6.07) is 6.41. The smallest absolute Gasteiger partial charge is 0.390 e. The van der Waals surface area contributed by atoms with Gasteiger partial charge in [-0.05, 0) is 12.1 Å². The van der Waals surface area contributed by atoms with E-state index in [1.807, 2.05) is 0 Å². The largest absolute Gasteiger partial charge is 0.484 e. The van der Waals surface area contributed by atoms with Gasteiger partial charge >= 0.3 is 6.18 Å². The predicted molar refractivity (Wildman–Crippen MR) is 60.0 cm³/mol. The molecule has 4 nitrogen and oxygen atoms in total. The molecule has 0 fully saturated rings. The van der Waals surface area contributed by atoms with Crippen molar-refractivity contribution in [2.75, 3.05) is 18.9 Å². The fourth-order valence-corrected chi connectivity index (χ4v) is 1.15. The highest BCUT2D eigenvalue weighted by Gasteiger charge is 2.26. The summed E-state index contributed by atoms with van der Waals surface area (Å²) in [5.41, 5.74) is 5.96. The van der Waals surface area contributed by atoms with Crippen LogP contribution < -0.4 is 15.8 Å². The molecule has 0 spiro atoms. The Balaban J connectivity index is 2.25. The molecule has 0 unspecified atom stereocenters. The Labute approximate surface area is 102 Å². The molecule has 3 N–H and O–H groups in total. The van der Waals surface area contributed by atoms with Gasteiger partial charge in [-0.3, -0.25) is 4.79 Å². The maximum absolute atomic E-state index is 11.8. The average molecular weight is 262 g/mol. The number of nitrogen functional groups attached to an aromatic ring is 1. The molecule has 1 aromatic rings. The Kier molecular flexibility index (Phi) is 4.82. The van der Waals surface area contributed by atoms with Crippen LogP contribution in [0, 0.1) is 0 Å². The van der Waals surface area contributed by atoms with E-state index < -0.39 is 25.0 Å².